The average molecular weight is 424 g/mol. The quantitative estimate of drug-likeness (QED) is 0.350. The first kappa shape index (κ1) is 20.6. The van der Waals surface area contributed by atoms with Crippen molar-refractivity contribution in [1.82, 2.24) is 9.55 Å². The van der Waals surface area contributed by atoms with Crippen LogP contribution in [0.3, 0.4) is 0 Å². The highest BCUT2D eigenvalue weighted by molar-refractivity contribution is 5.84. The number of terminal acetylenes is 1. The smallest absolute Gasteiger partial charge is 0.378 e. The third kappa shape index (κ3) is 3.66. The molecule has 4 aromatic rings. The van der Waals surface area contributed by atoms with E-state index in [9.17, 15) is 22.7 Å². The van der Waals surface area contributed by atoms with Crippen LogP contribution in [-0.4, -0.2) is 14.7 Å². The lowest BCUT2D eigenvalue weighted by molar-refractivity contribution is -0.141. The Morgan fingerprint density at radius 2 is 1.74 bits per heavy atom. The maximum atomic E-state index is 13.9. The van der Waals surface area contributed by atoms with Crippen molar-refractivity contribution in [1.29, 1.82) is 0 Å². The molecule has 0 spiro atoms. The van der Waals surface area contributed by atoms with Gasteiger partial charge in [0.05, 0.1) is 11.2 Å². The fourth-order valence-corrected chi connectivity index (χ4v) is 3.68. The fraction of sp³-hybridized carbons (Fsp3) is 0.125. The second-order valence-electron chi connectivity index (χ2n) is 7.07. The predicted octanol–water partition coefficient (Wildman–Crippen LogP) is 5.44. The van der Waals surface area contributed by atoms with Crippen LogP contribution in [0.5, 0.6) is 0 Å². The maximum Gasteiger partial charge on any atom is 0.433 e. The lowest BCUT2D eigenvalue weighted by atomic mass is 9.87. The first-order chi connectivity index (χ1) is 14.7. The van der Waals surface area contributed by atoms with Gasteiger partial charge < -0.3 is 9.67 Å². The molecule has 1 N–H and O–H groups in total. The number of hydrogen-bond acceptors (Lipinski definition) is 2. The van der Waals surface area contributed by atoms with Crippen molar-refractivity contribution in [2.75, 3.05) is 0 Å². The summed E-state index contributed by atoms with van der Waals surface area (Å²) in [4.78, 5) is 3.37. The third-order valence-electron chi connectivity index (χ3n) is 5.09. The number of aromatic nitrogens is 2. The lowest BCUT2D eigenvalue weighted by Crippen LogP contribution is -2.30. The van der Waals surface area contributed by atoms with Crippen molar-refractivity contribution >= 4 is 10.9 Å². The van der Waals surface area contributed by atoms with E-state index in [4.69, 9.17) is 6.42 Å². The molecule has 31 heavy (non-hydrogen) atoms. The maximum absolute atomic E-state index is 13.9. The molecule has 0 aliphatic rings. The number of nitrogens with zero attached hydrogens (tertiary/aromatic N) is 2. The summed E-state index contributed by atoms with van der Waals surface area (Å²) in [6, 6.07) is 16.6. The number of para-hydroxylation sites is 1. The van der Waals surface area contributed by atoms with Crippen LogP contribution in [0.2, 0.25) is 0 Å². The van der Waals surface area contributed by atoms with E-state index in [0.29, 0.717) is 16.6 Å². The molecule has 0 bridgehead atoms. The van der Waals surface area contributed by atoms with E-state index in [1.807, 2.05) is 0 Å². The second-order valence-corrected chi connectivity index (χ2v) is 7.07. The van der Waals surface area contributed by atoms with Crippen LogP contribution in [0.1, 0.15) is 23.4 Å². The Morgan fingerprint density at radius 3 is 2.42 bits per heavy atom. The minimum absolute atomic E-state index is 0.0618. The van der Waals surface area contributed by atoms with Crippen LogP contribution in [-0.2, 0) is 11.8 Å². The number of hydrogen-bond donors (Lipinski definition) is 1. The highest BCUT2D eigenvalue weighted by atomic mass is 19.4. The molecule has 0 radical (unpaired) electrons. The van der Waals surface area contributed by atoms with Gasteiger partial charge in [0.2, 0.25) is 0 Å². The minimum atomic E-state index is -4.69. The SMILES string of the molecule is C#CCC(O)(c1ccnc(C(F)(F)F)c1)c1cc2cc(F)ccc2n1-c1ccccc1. The molecule has 7 heteroatoms. The molecule has 1 unspecified atom stereocenters. The Morgan fingerprint density at radius 1 is 1.00 bits per heavy atom. The van der Waals surface area contributed by atoms with Crippen LogP contribution in [0.25, 0.3) is 16.6 Å². The molecule has 2 aromatic carbocycles. The van der Waals surface area contributed by atoms with E-state index < -0.39 is 23.3 Å². The van der Waals surface area contributed by atoms with E-state index in [1.54, 1.807) is 41.0 Å². The molecule has 4 rings (SSSR count). The fourth-order valence-electron chi connectivity index (χ4n) is 3.68. The molecule has 0 aliphatic carbocycles. The second kappa shape index (κ2) is 7.56. The number of benzene rings is 2. The summed E-state index contributed by atoms with van der Waals surface area (Å²) in [5, 5.41) is 12.2. The van der Waals surface area contributed by atoms with Gasteiger partial charge in [-0.2, -0.15) is 13.2 Å². The van der Waals surface area contributed by atoms with Gasteiger partial charge in [0.25, 0.3) is 0 Å². The molecule has 156 valence electrons. The summed E-state index contributed by atoms with van der Waals surface area (Å²) in [7, 11) is 0. The average Bonchev–Trinajstić information content (AvgIpc) is 3.13. The lowest BCUT2D eigenvalue weighted by Gasteiger charge is -2.29. The van der Waals surface area contributed by atoms with Crippen LogP contribution in [0.15, 0.2) is 72.9 Å². The minimum Gasteiger partial charge on any atom is -0.378 e. The summed E-state index contributed by atoms with van der Waals surface area (Å²) < 4.78 is 55.4. The van der Waals surface area contributed by atoms with E-state index in [2.05, 4.69) is 10.9 Å². The molecule has 0 saturated carbocycles. The number of halogens is 4. The number of alkyl halides is 3. The van der Waals surface area contributed by atoms with Gasteiger partial charge in [0.15, 0.2) is 0 Å². The normalized spacial score (nSPS) is 13.7. The monoisotopic (exact) mass is 424 g/mol. The molecule has 3 nitrogen and oxygen atoms in total. The molecule has 1 atom stereocenters. The van der Waals surface area contributed by atoms with Crippen molar-refractivity contribution in [3.05, 3.63) is 95.7 Å². The summed E-state index contributed by atoms with van der Waals surface area (Å²) >= 11 is 0. The van der Waals surface area contributed by atoms with Gasteiger partial charge in [0.1, 0.15) is 17.1 Å². The molecule has 0 amide bonds. The molecule has 0 aliphatic heterocycles. The van der Waals surface area contributed by atoms with Gasteiger partial charge in [0, 0.05) is 23.7 Å². The largest absolute Gasteiger partial charge is 0.433 e. The zero-order valence-corrected chi connectivity index (χ0v) is 16.1. The van der Waals surface area contributed by atoms with E-state index >= 15 is 0 Å². The summed E-state index contributed by atoms with van der Waals surface area (Å²) in [5.74, 6) is 1.88. The molecular weight excluding hydrogens is 408 g/mol. The first-order valence-electron chi connectivity index (χ1n) is 9.30. The zero-order valence-electron chi connectivity index (χ0n) is 16.1. The summed E-state index contributed by atoms with van der Waals surface area (Å²) in [6.07, 6.45) is 1.49. The summed E-state index contributed by atoms with van der Waals surface area (Å²) in [5.41, 5.74) is -1.76. The topological polar surface area (TPSA) is 38.1 Å². The standard InChI is InChI=1S/C24H16F4N2O/c1-2-11-23(31,17-10-12-29-21(15-17)24(26,27)28)22-14-16-13-18(25)8-9-20(16)30(22)19-6-4-3-5-7-19/h1,3-10,12-15,31H,11H2. The van der Waals surface area contributed by atoms with Crippen LogP contribution < -0.4 is 0 Å². The van der Waals surface area contributed by atoms with E-state index in [0.717, 1.165) is 12.3 Å². The van der Waals surface area contributed by atoms with Crippen LogP contribution in [0, 0.1) is 18.2 Å². The number of fused-ring (bicyclic) bond motifs is 1. The Hall–Kier alpha value is -3.63. The van der Waals surface area contributed by atoms with Gasteiger partial charge in [-0.05, 0) is 54.1 Å². The van der Waals surface area contributed by atoms with Gasteiger partial charge in [-0.15, -0.1) is 12.3 Å². The highest BCUT2D eigenvalue weighted by Crippen LogP contribution is 2.39. The Labute approximate surface area is 175 Å². The van der Waals surface area contributed by atoms with Crippen molar-refractivity contribution in [3.8, 4) is 18.0 Å². The number of pyridine rings is 1. The third-order valence-corrected chi connectivity index (χ3v) is 5.09. The predicted molar refractivity (Wildman–Crippen MR) is 109 cm³/mol. The first-order valence-corrected chi connectivity index (χ1v) is 9.30. The molecule has 0 saturated heterocycles. The number of aliphatic hydroxyl groups is 1. The van der Waals surface area contributed by atoms with Gasteiger partial charge in [-0.3, -0.25) is 4.98 Å². The van der Waals surface area contributed by atoms with Crippen molar-refractivity contribution in [3.63, 3.8) is 0 Å². The molecule has 0 fully saturated rings. The van der Waals surface area contributed by atoms with E-state index in [-0.39, 0.29) is 17.7 Å². The van der Waals surface area contributed by atoms with Gasteiger partial charge in [-0.25, -0.2) is 4.39 Å². The molecule has 2 heterocycles. The Bertz CT molecular complexity index is 1290. The zero-order chi connectivity index (χ0) is 22.2. The van der Waals surface area contributed by atoms with Crippen LogP contribution in [0.4, 0.5) is 17.6 Å². The van der Waals surface area contributed by atoms with Crippen molar-refractivity contribution < 1.29 is 22.7 Å². The highest BCUT2D eigenvalue weighted by Gasteiger charge is 2.39. The van der Waals surface area contributed by atoms with Gasteiger partial charge >= 0.3 is 6.18 Å². The van der Waals surface area contributed by atoms with Gasteiger partial charge in [-0.1, -0.05) is 18.2 Å². The Kier molecular flexibility index (Phi) is 5.03. The molecule has 2 aromatic heterocycles. The van der Waals surface area contributed by atoms with Crippen molar-refractivity contribution in [2.24, 2.45) is 0 Å². The van der Waals surface area contributed by atoms with Crippen LogP contribution >= 0.6 is 0 Å². The number of rotatable bonds is 4. The summed E-state index contributed by atoms with van der Waals surface area (Å²) in [6.45, 7) is 0. The molecular formula is C24H16F4N2O. The van der Waals surface area contributed by atoms with E-state index in [1.165, 1.54) is 24.3 Å². The Balaban J connectivity index is 2.04. The van der Waals surface area contributed by atoms with Crippen molar-refractivity contribution in [2.45, 2.75) is 18.2 Å².